The Hall–Kier alpha value is -5.72. The number of likely N-dealkylation sites (N-methyl/N-ethyl adjacent to an activating group) is 1. The molecule has 0 spiro atoms. The summed E-state index contributed by atoms with van der Waals surface area (Å²) in [4.78, 5) is 124. The van der Waals surface area contributed by atoms with Gasteiger partial charge in [-0.15, -0.1) is 0 Å². The Labute approximate surface area is 382 Å². The van der Waals surface area contributed by atoms with Gasteiger partial charge in [-0.05, 0) is 76.2 Å². The van der Waals surface area contributed by atoms with Crippen LogP contribution in [0.25, 0.3) is 0 Å². The molecule has 0 saturated carbocycles. The molecule has 2 rings (SSSR count). The SMILES string of the molecule is COC(Cc1ccccc1)C(C)CC(C)CC[C@@H]1NC(=O)[C@H](C)NC(=O)[C@@H](C)[C@H](C(=O)O)NC(=O)[C@H](CC(C)C)NC(=O)[C@@H](C)NC(=O)[C@H](C)N(C)C(=O)CCC(C(=O)O)=NC(=O)[C@H]1C. The van der Waals surface area contributed by atoms with E-state index in [9.17, 15) is 53.4 Å². The molecule has 7 N–H and O–H groups in total. The predicted octanol–water partition coefficient (Wildman–Crippen LogP) is 2.25. The molecule has 0 saturated heterocycles. The van der Waals surface area contributed by atoms with Gasteiger partial charge in [0.15, 0.2) is 0 Å². The van der Waals surface area contributed by atoms with Crippen molar-refractivity contribution in [3.05, 3.63) is 35.9 Å². The van der Waals surface area contributed by atoms with Crippen LogP contribution in [-0.2, 0) is 54.3 Å². The molecule has 0 bridgehead atoms. The van der Waals surface area contributed by atoms with Gasteiger partial charge in [0.05, 0.1) is 17.9 Å². The van der Waals surface area contributed by atoms with Crippen LogP contribution in [0.15, 0.2) is 35.3 Å². The van der Waals surface area contributed by atoms with Crippen LogP contribution in [-0.4, -0.2) is 131 Å². The van der Waals surface area contributed by atoms with Gasteiger partial charge in [0.25, 0.3) is 5.91 Å². The van der Waals surface area contributed by atoms with Crippen LogP contribution in [0, 0.1) is 29.6 Å². The number of aliphatic carboxylic acids is 2. The van der Waals surface area contributed by atoms with E-state index < -0.39 is 120 Å². The molecule has 1 aliphatic heterocycles. The largest absolute Gasteiger partial charge is 0.480 e. The fourth-order valence-electron chi connectivity index (χ4n) is 7.51. The van der Waals surface area contributed by atoms with Crippen LogP contribution in [0.1, 0.15) is 106 Å². The second-order valence-electron chi connectivity index (χ2n) is 17.9. The van der Waals surface area contributed by atoms with Gasteiger partial charge in [-0.1, -0.05) is 71.9 Å². The van der Waals surface area contributed by atoms with Crippen molar-refractivity contribution in [1.82, 2.24) is 31.5 Å². The Bertz CT molecular complexity index is 1870. The van der Waals surface area contributed by atoms with E-state index in [4.69, 9.17) is 4.74 Å². The fourth-order valence-corrected chi connectivity index (χ4v) is 7.51. The molecule has 0 radical (unpaired) electrons. The summed E-state index contributed by atoms with van der Waals surface area (Å²) in [5.74, 6) is -11.3. The molecular weight excluding hydrogens is 843 g/mol. The third-order valence-electron chi connectivity index (χ3n) is 12.0. The molecule has 11 atom stereocenters. The summed E-state index contributed by atoms with van der Waals surface area (Å²) < 4.78 is 5.85. The van der Waals surface area contributed by atoms with Crippen LogP contribution in [0.2, 0.25) is 0 Å². The number of nitrogens with one attached hydrogen (secondary N) is 5. The van der Waals surface area contributed by atoms with Crippen LogP contribution in [0.5, 0.6) is 0 Å². The van der Waals surface area contributed by atoms with Gasteiger partial charge in [0, 0.05) is 33.0 Å². The number of aliphatic imine (C=N–C) groups is 1. The lowest BCUT2D eigenvalue weighted by Gasteiger charge is -2.29. The molecule has 1 heterocycles. The van der Waals surface area contributed by atoms with E-state index in [0.717, 1.165) is 16.9 Å². The average molecular weight is 914 g/mol. The number of nitrogens with zero attached hydrogens (tertiary/aromatic N) is 2. The standard InChI is InChI=1S/C46H71N7O12/c1-24(2)21-35-44(60)52-38(46(63)64)28(6)40(56)47-29(7)41(57)49-33(18-17-25(3)22-26(4)36(65-11)23-32-15-13-12-14-16-32)27(5)39(55)50-34(45(61)62)19-20-37(54)53(10)31(9)43(59)48-30(8)42(58)51-35/h12-16,24-31,33,35-36,38H,17-23H2,1-11H3,(H,47,56)(H,48,59)(H,49,57)(H,51,58)(H,52,60)(H,61,62)(H,63,64)/t25?,26?,27-,28-,29-,30+,31-,33-,35-,36?,38+/m0/s1. The smallest absolute Gasteiger partial charge is 0.350 e. The average Bonchev–Trinajstić information content (AvgIpc) is 3.25. The maximum Gasteiger partial charge on any atom is 0.350 e. The summed E-state index contributed by atoms with van der Waals surface area (Å²) in [5.41, 5.74) is 0.511. The van der Waals surface area contributed by atoms with Crippen LogP contribution >= 0.6 is 0 Å². The number of amides is 7. The van der Waals surface area contributed by atoms with E-state index in [0.29, 0.717) is 12.8 Å². The lowest BCUT2D eigenvalue weighted by molar-refractivity contribution is -0.146. The number of hydrogen-bond acceptors (Lipinski definition) is 10. The first-order chi connectivity index (χ1) is 30.4. The van der Waals surface area contributed by atoms with Crippen molar-refractivity contribution in [1.29, 1.82) is 0 Å². The molecule has 362 valence electrons. The second-order valence-corrected chi connectivity index (χ2v) is 17.9. The van der Waals surface area contributed by atoms with Crippen molar-refractivity contribution in [2.75, 3.05) is 14.2 Å². The molecule has 0 aliphatic carbocycles. The number of carbonyl (C=O) groups is 9. The zero-order valence-electron chi connectivity index (χ0n) is 39.6. The van der Waals surface area contributed by atoms with Crippen molar-refractivity contribution in [3.63, 3.8) is 0 Å². The highest BCUT2D eigenvalue weighted by molar-refractivity contribution is 6.37. The zero-order valence-corrected chi connectivity index (χ0v) is 39.6. The van der Waals surface area contributed by atoms with E-state index in [2.05, 4.69) is 38.5 Å². The number of carboxylic acids is 2. The first-order valence-corrected chi connectivity index (χ1v) is 22.3. The second kappa shape index (κ2) is 26.3. The summed E-state index contributed by atoms with van der Waals surface area (Å²) in [5, 5.41) is 32.8. The van der Waals surface area contributed by atoms with Crippen molar-refractivity contribution in [2.45, 2.75) is 150 Å². The van der Waals surface area contributed by atoms with Crippen molar-refractivity contribution in [3.8, 4) is 0 Å². The maximum atomic E-state index is 13.8. The number of methoxy groups -OCH3 is 1. The van der Waals surface area contributed by atoms with E-state index >= 15 is 0 Å². The molecule has 0 aromatic heterocycles. The Morgan fingerprint density at radius 2 is 1.35 bits per heavy atom. The third-order valence-corrected chi connectivity index (χ3v) is 12.0. The van der Waals surface area contributed by atoms with Gasteiger partial charge in [-0.2, -0.15) is 0 Å². The molecule has 65 heavy (non-hydrogen) atoms. The van der Waals surface area contributed by atoms with E-state index in [1.807, 2.05) is 37.3 Å². The summed E-state index contributed by atoms with van der Waals surface area (Å²) >= 11 is 0. The van der Waals surface area contributed by atoms with E-state index in [1.54, 1.807) is 21.0 Å². The quantitative estimate of drug-likeness (QED) is 0.150. The zero-order chi connectivity index (χ0) is 49.3. The Morgan fingerprint density at radius 3 is 1.91 bits per heavy atom. The van der Waals surface area contributed by atoms with Gasteiger partial charge in [-0.3, -0.25) is 33.6 Å². The molecule has 0 fully saturated rings. The molecule has 19 nitrogen and oxygen atoms in total. The Morgan fingerprint density at radius 1 is 0.769 bits per heavy atom. The van der Waals surface area contributed by atoms with Gasteiger partial charge < -0.3 is 46.4 Å². The summed E-state index contributed by atoms with van der Waals surface area (Å²) in [7, 11) is 2.97. The lowest BCUT2D eigenvalue weighted by atomic mass is 9.85. The van der Waals surface area contributed by atoms with E-state index in [1.165, 1.54) is 41.7 Å². The van der Waals surface area contributed by atoms with E-state index in [-0.39, 0.29) is 36.7 Å². The first kappa shape index (κ1) is 55.4. The molecule has 3 unspecified atom stereocenters. The maximum absolute atomic E-state index is 13.8. The minimum absolute atomic E-state index is 0.0550. The van der Waals surface area contributed by atoms with Gasteiger partial charge in [0.2, 0.25) is 35.4 Å². The molecule has 1 aromatic carbocycles. The van der Waals surface area contributed by atoms with Gasteiger partial charge in [-0.25, -0.2) is 14.6 Å². The highest BCUT2D eigenvalue weighted by Crippen LogP contribution is 2.25. The van der Waals surface area contributed by atoms with Crippen LogP contribution < -0.4 is 26.6 Å². The molecular formula is C46H71N7O12. The lowest BCUT2D eigenvalue weighted by Crippen LogP contribution is -2.59. The predicted molar refractivity (Wildman–Crippen MR) is 241 cm³/mol. The Kier molecular flexibility index (Phi) is 22.4. The van der Waals surface area contributed by atoms with Crippen LogP contribution in [0.3, 0.4) is 0 Å². The number of carboxylic acid groups (broad SMARTS) is 2. The summed E-state index contributed by atoms with van der Waals surface area (Å²) in [6.45, 7) is 14.5. The minimum atomic E-state index is -1.80. The number of ether oxygens (including phenoxy) is 1. The first-order valence-electron chi connectivity index (χ1n) is 22.3. The van der Waals surface area contributed by atoms with Gasteiger partial charge >= 0.3 is 11.9 Å². The molecule has 7 amide bonds. The van der Waals surface area contributed by atoms with Crippen LogP contribution in [0.4, 0.5) is 0 Å². The molecule has 1 aromatic rings. The number of hydrogen-bond donors (Lipinski definition) is 7. The highest BCUT2D eigenvalue weighted by atomic mass is 16.5. The number of carbonyl (C=O) groups excluding carboxylic acids is 7. The minimum Gasteiger partial charge on any atom is -0.480 e. The normalized spacial score (nSPS) is 26.8. The highest BCUT2D eigenvalue weighted by Gasteiger charge is 2.37. The third kappa shape index (κ3) is 17.6. The number of benzene rings is 1. The van der Waals surface area contributed by atoms with Crippen molar-refractivity contribution in [2.24, 2.45) is 34.6 Å². The molecule has 1 aliphatic rings. The monoisotopic (exact) mass is 914 g/mol. The Balaban J connectivity index is 2.52. The fraction of sp³-hybridized carbons (Fsp3) is 0.652. The number of rotatable bonds is 13. The summed E-state index contributed by atoms with van der Waals surface area (Å²) in [6.07, 6.45) is 1.23. The van der Waals surface area contributed by atoms with Crippen molar-refractivity contribution < 1.29 is 58.1 Å². The molecule has 19 heteroatoms. The van der Waals surface area contributed by atoms with Crippen molar-refractivity contribution >= 4 is 59.0 Å². The topological polar surface area (TPSA) is 279 Å². The van der Waals surface area contributed by atoms with Gasteiger partial charge in [0.1, 0.15) is 35.9 Å². The summed E-state index contributed by atoms with van der Waals surface area (Å²) in [6, 6.07) is 2.26.